The van der Waals surface area contributed by atoms with Gasteiger partial charge >= 0.3 is 5.97 Å². The molecule has 1 aliphatic heterocycles. The van der Waals surface area contributed by atoms with Crippen molar-refractivity contribution in [2.75, 3.05) is 11.9 Å². The number of carbonyl (C=O) groups is 3. The number of nitrogens with zero attached hydrogens (tertiary/aromatic N) is 2. The highest BCUT2D eigenvalue weighted by Crippen LogP contribution is 2.24. The number of carbonyl (C=O) groups excluding carboxylic acids is 3. The smallest absolute Gasteiger partial charge is 0.331 e. The van der Waals surface area contributed by atoms with E-state index in [9.17, 15) is 14.4 Å². The van der Waals surface area contributed by atoms with E-state index in [0.717, 1.165) is 11.1 Å². The van der Waals surface area contributed by atoms with Crippen molar-refractivity contribution >= 4 is 41.0 Å². The number of fused-ring (bicyclic) bond motifs is 1. The van der Waals surface area contributed by atoms with Crippen molar-refractivity contribution in [1.29, 1.82) is 0 Å². The van der Waals surface area contributed by atoms with E-state index >= 15 is 0 Å². The Bertz CT molecular complexity index is 1250. The van der Waals surface area contributed by atoms with Crippen molar-refractivity contribution < 1.29 is 19.1 Å². The molecule has 1 aromatic heterocycles. The molecular formula is C25H22ClN3O4. The van der Waals surface area contributed by atoms with Crippen molar-refractivity contribution in [3.8, 4) is 0 Å². The van der Waals surface area contributed by atoms with E-state index < -0.39 is 5.97 Å². The van der Waals surface area contributed by atoms with E-state index in [1.165, 1.54) is 6.08 Å². The fourth-order valence-electron chi connectivity index (χ4n) is 3.59. The molecule has 0 radical (unpaired) electrons. The molecule has 0 atom stereocenters. The number of esters is 1. The van der Waals surface area contributed by atoms with Gasteiger partial charge in [-0.3, -0.25) is 9.59 Å². The first kappa shape index (κ1) is 22.5. The molecule has 4 rings (SSSR count). The van der Waals surface area contributed by atoms with Crippen LogP contribution in [0.25, 0.3) is 6.08 Å². The van der Waals surface area contributed by atoms with Gasteiger partial charge in [0.2, 0.25) is 5.91 Å². The molecule has 0 spiro atoms. The zero-order chi connectivity index (χ0) is 23.4. The maximum Gasteiger partial charge on any atom is 0.331 e. The number of nitrogens with one attached hydrogen (secondary N) is 1. The minimum absolute atomic E-state index is 0.0387. The number of halogens is 1. The fourth-order valence-corrected chi connectivity index (χ4v) is 3.89. The average Bonchev–Trinajstić information content (AvgIpc) is 3.08. The summed E-state index contributed by atoms with van der Waals surface area (Å²) >= 11 is 6.45. The first-order chi connectivity index (χ1) is 15.9. The van der Waals surface area contributed by atoms with Gasteiger partial charge < -0.3 is 10.1 Å². The number of amides is 1. The number of anilines is 1. The third-order valence-electron chi connectivity index (χ3n) is 5.34. The summed E-state index contributed by atoms with van der Waals surface area (Å²) in [4.78, 5) is 36.1. The van der Waals surface area contributed by atoms with Crippen LogP contribution in [0.15, 0.2) is 54.6 Å². The van der Waals surface area contributed by atoms with Crippen LogP contribution in [0.2, 0.25) is 5.15 Å². The molecule has 1 amide bonds. The molecule has 2 aromatic carbocycles. The lowest BCUT2D eigenvalue weighted by molar-refractivity contribution is -0.136. The van der Waals surface area contributed by atoms with Crippen LogP contribution in [-0.4, -0.2) is 34.0 Å². The van der Waals surface area contributed by atoms with Crippen LogP contribution < -0.4 is 5.32 Å². The number of hydrogen-bond acceptors (Lipinski definition) is 5. The van der Waals surface area contributed by atoms with Crippen LogP contribution >= 0.6 is 11.6 Å². The number of Topliss-reactive ketones (excluding diaryl/α,β-unsaturated/α-hetero) is 1. The normalized spacial score (nSPS) is 13.0. The minimum Gasteiger partial charge on any atom is -0.454 e. The molecule has 1 N–H and O–H groups in total. The van der Waals surface area contributed by atoms with E-state index in [1.807, 2.05) is 30.3 Å². The maximum absolute atomic E-state index is 12.4. The second-order valence-electron chi connectivity index (χ2n) is 7.72. The van der Waals surface area contributed by atoms with Gasteiger partial charge in [0.25, 0.3) is 0 Å². The molecule has 8 heteroatoms. The van der Waals surface area contributed by atoms with E-state index in [-0.39, 0.29) is 18.3 Å². The molecule has 0 fully saturated rings. The second-order valence-corrected chi connectivity index (χ2v) is 8.08. The van der Waals surface area contributed by atoms with Gasteiger partial charge in [-0.25, -0.2) is 9.48 Å². The van der Waals surface area contributed by atoms with Gasteiger partial charge in [-0.1, -0.05) is 41.9 Å². The van der Waals surface area contributed by atoms with Crippen molar-refractivity contribution in [2.24, 2.45) is 0 Å². The summed E-state index contributed by atoms with van der Waals surface area (Å²) in [7, 11) is 0. The molecular weight excluding hydrogens is 442 g/mol. The first-order valence-corrected chi connectivity index (χ1v) is 10.9. The topological polar surface area (TPSA) is 90.3 Å². The molecule has 0 saturated carbocycles. The number of aryl methyl sites for hydroxylation is 2. The standard InChI is InChI=1S/C25H22ClN3O4/c1-16-20(25(26)29(28-16)14-17-5-3-2-4-6-17)9-12-24(32)33-15-22(30)19-7-10-21-18(13-19)8-11-23(31)27-21/h2-7,9-10,12-13H,8,11,14-15H2,1H3,(H,27,31)/b12-9+. The zero-order valence-corrected chi connectivity index (χ0v) is 18.8. The summed E-state index contributed by atoms with van der Waals surface area (Å²) in [5.41, 5.74) is 4.39. The van der Waals surface area contributed by atoms with Gasteiger partial charge in [-0.15, -0.1) is 0 Å². The Morgan fingerprint density at radius 1 is 1.18 bits per heavy atom. The molecule has 0 aliphatic carbocycles. The molecule has 0 saturated heterocycles. The van der Waals surface area contributed by atoms with Crippen LogP contribution in [-0.2, 0) is 27.3 Å². The molecule has 1 aliphatic rings. The van der Waals surface area contributed by atoms with Gasteiger partial charge in [0.05, 0.1) is 12.2 Å². The molecule has 7 nitrogen and oxygen atoms in total. The third kappa shape index (κ3) is 5.38. The lowest BCUT2D eigenvalue weighted by Gasteiger charge is -2.17. The monoisotopic (exact) mass is 463 g/mol. The van der Waals surface area contributed by atoms with Crippen molar-refractivity contribution in [3.05, 3.63) is 87.7 Å². The second kappa shape index (κ2) is 9.83. The van der Waals surface area contributed by atoms with Crippen LogP contribution in [0.3, 0.4) is 0 Å². The minimum atomic E-state index is -0.653. The summed E-state index contributed by atoms with van der Waals surface area (Å²) in [6.07, 6.45) is 3.73. The lowest BCUT2D eigenvalue weighted by Crippen LogP contribution is -2.20. The van der Waals surface area contributed by atoms with Crippen LogP contribution in [0.1, 0.15) is 39.2 Å². The zero-order valence-electron chi connectivity index (χ0n) is 18.0. The number of aromatic nitrogens is 2. The van der Waals surface area contributed by atoms with Gasteiger partial charge in [0.15, 0.2) is 12.4 Å². The van der Waals surface area contributed by atoms with Crippen molar-refractivity contribution in [3.63, 3.8) is 0 Å². The SMILES string of the molecule is Cc1nn(Cc2ccccc2)c(Cl)c1/C=C/C(=O)OCC(=O)c1ccc2c(c1)CCC(=O)N2. The number of benzene rings is 2. The molecule has 2 heterocycles. The lowest BCUT2D eigenvalue weighted by atomic mass is 9.99. The van der Waals surface area contributed by atoms with Crippen LogP contribution in [0, 0.1) is 6.92 Å². The highest BCUT2D eigenvalue weighted by Gasteiger charge is 2.17. The first-order valence-electron chi connectivity index (χ1n) is 10.5. The van der Waals surface area contributed by atoms with Gasteiger partial charge in [0, 0.05) is 29.3 Å². The van der Waals surface area contributed by atoms with E-state index in [0.29, 0.717) is 47.0 Å². The fraction of sp³-hybridized carbons (Fsp3) is 0.200. The highest BCUT2D eigenvalue weighted by atomic mass is 35.5. The summed E-state index contributed by atoms with van der Waals surface area (Å²) in [5, 5.41) is 7.62. The van der Waals surface area contributed by atoms with Crippen molar-refractivity contribution in [2.45, 2.75) is 26.3 Å². The maximum atomic E-state index is 12.4. The molecule has 33 heavy (non-hydrogen) atoms. The average molecular weight is 464 g/mol. The Hall–Kier alpha value is -3.71. The summed E-state index contributed by atoms with van der Waals surface area (Å²) < 4.78 is 6.77. The quantitative estimate of drug-likeness (QED) is 0.322. The molecule has 168 valence electrons. The Morgan fingerprint density at radius 2 is 1.97 bits per heavy atom. The van der Waals surface area contributed by atoms with E-state index in [1.54, 1.807) is 35.9 Å². The number of rotatable bonds is 7. The van der Waals surface area contributed by atoms with Crippen molar-refractivity contribution in [1.82, 2.24) is 9.78 Å². The number of ketones is 1. The number of hydrogen-bond donors (Lipinski definition) is 1. The largest absolute Gasteiger partial charge is 0.454 e. The summed E-state index contributed by atoms with van der Waals surface area (Å²) in [5.74, 6) is -1.01. The predicted molar refractivity (Wildman–Crippen MR) is 125 cm³/mol. The molecule has 0 bridgehead atoms. The Balaban J connectivity index is 1.36. The van der Waals surface area contributed by atoms with Gasteiger partial charge in [0.1, 0.15) is 5.15 Å². The van der Waals surface area contributed by atoms with E-state index in [4.69, 9.17) is 16.3 Å². The number of ether oxygens (including phenoxy) is 1. The van der Waals surface area contributed by atoms with Crippen LogP contribution in [0.4, 0.5) is 5.69 Å². The predicted octanol–water partition coefficient (Wildman–Crippen LogP) is 4.22. The molecule has 3 aromatic rings. The Labute approximate surface area is 196 Å². The van der Waals surface area contributed by atoms with Gasteiger partial charge in [-0.05, 0) is 48.7 Å². The molecule has 0 unspecified atom stereocenters. The summed E-state index contributed by atoms with van der Waals surface area (Å²) in [6, 6.07) is 14.8. The van der Waals surface area contributed by atoms with E-state index in [2.05, 4.69) is 10.4 Å². The Morgan fingerprint density at radius 3 is 2.76 bits per heavy atom. The highest BCUT2D eigenvalue weighted by molar-refractivity contribution is 6.31. The van der Waals surface area contributed by atoms with Crippen LogP contribution in [0.5, 0.6) is 0 Å². The third-order valence-corrected chi connectivity index (χ3v) is 5.74. The Kier molecular flexibility index (Phi) is 6.70. The summed E-state index contributed by atoms with van der Waals surface area (Å²) in [6.45, 7) is 1.94. The van der Waals surface area contributed by atoms with Gasteiger partial charge in [-0.2, -0.15) is 5.10 Å².